The second kappa shape index (κ2) is 5.27. The van der Waals surface area contributed by atoms with Crippen LogP contribution in [-0.4, -0.2) is 11.1 Å². The Bertz CT molecular complexity index is 639. The lowest BCUT2D eigenvalue weighted by molar-refractivity contribution is 0.0655. The molecule has 0 saturated carbocycles. The number of benzene rings is 1. The van der Waals surface area contributed by atoms with Crippen LogP contribution < -0.4 is 4.74 Å². The highest BCUT2D eigenvalue weighted by molar-refractivity contribution is 5.84. The van der Waals surface area contributed by atoms with E-state index in [1.807, 2.05) is 6.07 Å². The van der Waals surface area contributed by atoms with Crippen LogP contribution in [0.15, 0.2) is 40.8 Å². The number of ether oxygens (including phenoxy) is 1. The Morgan fingerprint density at radius 3 is 2.74 bits per heavy atom. The summed E-state index contributed by atoms with van der Waals surface area (Å²) in [4.78, 5) is 10.7. The lowest BCUT2D eigenvalue weighted by Crippen LogP contribution is -2.03. The molecule has 0 amide bonds. The molecule has 2 rings (SSSR count). The highest BCUT2D eigenvalue weighted by atomic mass is 16.5. The molecule has 1 aromatic carbocycles. The Hall–Kier alpha value is -2.74. The molecule has 0 fully saturated rings. The van der Waals surface area contributed by atoms with Gasteiger partial charge in [-0.2, -0.15) is 5.26 Å². The van der Waals surface area contributed by atoms with E-state index >= 15 is 0 Å². The summed E-state index contributed by atoms with van der Waals surface area (Å²) >= 11 is 0. The monoisotopic (exact) mass is 257 g/mol. The molecule has 1 aromatic heterocycles. The van der Waals surface area contributed by atoms with Gasteiger partial charge in [0, 0.05) is 0 Å². The molecule has 5 nitrogen and oxygen atoms in total. The van der Waals surface area contributed by atoms with Crippen molar-refractivity contribution in [3.8, 4) is 11.8 Å². The van der Waals surface area contributed by atoms with Gasteiger partial charge in [-0.1, -0.05) is 12.1 Å². The molecule has 19 heavy (non-hydrogen) atoms. The molecule has 2 aromatic rings. The molecule has 0 saturated heterocycles. The molecule has 0 spiro atoms. The van der Waals surface area contributed by atoms with Crippen molar-refractivity contribution in [2.75, 3.05) is 0 Å². The van der Waals surface area contributed by atoms with E-state index in [9.17, 15) is 4.79 Å². The van der Waals surface area contributed by atoms with E-state index in [0.717, 1.165) is 0 Å². The minimum absolute atomic E-state index is 0.140. The van der Waals surface area contributed by atoms with Gasteiger partial charge in [-0.05, 0) is 31.2 Å². The van der Waals surface area contributed by atoms with Gasteiger partial charge in [-0.15, -0.1) is 0 Å². The largest absolute Gasteiger partial charge is 0.481 e. The Morgan fingerprint density at radius 1 is 1.37 bits per heavy atom. The van der Waals surface area contributed by atoms with Crippen LogP contribution in [0.3, 0.4) is 0 Å². The minimum Gasteiger partial charge on any atom is -0.481 e. The molecule has 0 radical (unpaired) electrons. The van der Waals surface area contributed by atoms with E-state index in [4.69, 9.17) is 19.5 Å². The van der Waals surface area contributed by atoms with Crippen molar-refractivity contribution >= 4 is 5.97 Å². The average Bonchev–Trinajstić information content (AvgIpc) is 2.89. The van der Waals surface area contributed by atoms with Gasteiger partial charge in [0.2, 0.25) is 5.76 Å². The number of aromatic carboxylic acids is 1. The summed E-state index contributed by atoms with van der Waals surface area (Å²) in [5, 5.41) is 17.7. The first kappa shape index (κ1) is 12.7. The van der Waals surface area contributed by atoms with Gasteiger partial charge in [-0.3, -0.25) is 0 Å². The van der Waals surface area contributed by atoms with Crippen LogP contribution in [0.25, 0.3) is 0 Å². The zero-order valence-electron chi connectivity index (χ0n) is 10.2. The number of hydrogen-bond acceptors (Lipinski definition) is 4. The molecule has 1 unspecified atom stereocenters. The first-order chi connectivity index (χ1) is 9.11. The van der Waals surface area contributed by atoms with Crippen molar-refractivity contribution in [2.45, 2.75) is 13.0 Å². The first-order valence-electron chi connectivity index (χ1n) is 5.60. The number of hydrogen-bond donors (Lipinski definition) is 1. The van der Waals surface area contributed by atoms with Crippen molar-refractivity contribution < 1.29 is 19.1 Å². The third-order valence-corrected chi connectivity index (χ3v) is 2.55. The molecule has 1 N–H and O–H groups in total. The van der Waals surface area contributed by atoms with Gasteiger partial charge in [0.1, 0.15) is 17.6 Å². The third-order valence-electron chi connectivity index (χ3n) is 2.55. The van der Waals surface area contributed by atoms with Gasteiger partial charge in [0.25, 0.3) is 0 Å². The molecular formula is C14H11NO4. The van der Waals surface area contributed by atoms with E-state index in [-0.39, 0.29) is 5.76 Å². The number of carbonyl (C=O) groups is 1. The van der Waals surface area contributed by atoms with Crippen LogP contribution in [0, 0.1) is 11.3 Å². The molecule has 1 atom stereocenters. The Balaban J connectivity index is 2.18. The van der Waals surface area contributed by atoms with Gasteiger partial charge in [-0.25, -0.2) is 4.79 Å². The van der Waals surface area contributed by atoms with Crippen molar-refractivity contribution in [3.63, 3.8) is 0 Å². The predicted molar refractivity (Wildman–Crippen MR) is 65.9 cm³/mol. The molecule has 0 aliphatic heterocycles. The van der Waals surface area contributed by atoms with Gasteiger partial charge < -0.3 is 14.3 Å². The van der Waals surface area contributed by atoms with Crippen molar-refractivity contribution in [3.05, 3.63) is 53.5 Å². The number of carboxylic acid groups (broad SMARTS) is 1. The maximum atomic E-state index is 10.7. The summed E-state index contributed by atoms with van der Waals surface area (Å²) in [6.07, 6.45) is -0.484. The normalized spacial score (nSPS) is 11.6. The summed E-state index contributed by atoms with van der Waals surface area (Å²) in [6, 6.07) is 11.8. The second-order valence-corrected chi connectivity index (χ2v) is 3.88. The zero-order chi connectivity index (χ0) is 13.8. The summed E-state index contributed by atoms with van der Waals surface area (Å²) in [7, 11) is 0. The number of furan rings is 1. The zero-order valence-corrected chi connectivity index (χ0v) is 10.2. The van der Waals surface area contributed by atoms with Crippen LogP contribution in [-0.2, 0) is 0 Å². The lowest BCUT2D eigenvalue weighted by atomic mass is 10.2. The smallest absolute Gasteiger partial charge is 0.371 e. The van der Waals surface area contributed by atoms with Crippen LogP contribution in [0.4, 0.5) is 0 Å². The van der Waals surface area contributed by atoms with Crippen molar-refractivity contribution in [1.29, 1.82) is 5.26 Å². The molecule has 96 valence electrons. The maximum absolute atomic E-state index is 10.7. The highest BCUT2D eigenvalue weighted by Gasteiger charge is 2.16. The Labute approximate surface area is 109 Å². The van der Waals surface area contributed by atoms with E-state index in [0.29, 0.717) is 17.1 Å². The van der Waals surface area contributed by atoms with Crippen LogP contribution in [0.1, 0.15) is 34.9 Å². The fourth-order valence-corrected chi connectivity index (χ4v) is 1.60. The number of rotatable bonds is 4. The SMILES string of the molecule is CC(Oc1ccccc1C#N)c1ccc(C(=O)O)o1. The summed E-state index contributed by atoms with van der Waals surface area (Å²) < 4.78 is 10.8. The standard InChI is InChI=1S/C14H11NO4/c1-9(11-6-7-13(19-11)14(16)17)18-12-5-3-2-4-10(12)8-15/h2-7,9H,1H3,(H,16,17). The van der Waals surface area contributed by atoms with Gasteiger partial charge in [0.05, 0.1) is 5.56 Å². The molecule has 0 bridgehead atoms. The fraction of sp³-hybridized carbons (Fsp3) is 0.143. The molecule has 1 heterocycles. The summed E-state index contributed by atoms with van der Waals surface area (Å²) in [5.74, 6) is -0.439. The second-order valence-electron chi connectivity index (χ2n) is 3.88. The van der Waals surface area contributed by atoms with E-state index in [1.54, 1.807) is 37.3 Å². The van der Waals surface area contributed by atoms with E-state index in [1.165, 1.54) is 6.07 Å². The molecular weight excluding hydrogens is 246 g/mol. The van der Waals surface area contributed by atoms with Crippen molar-refractivity contribution in [1.82, 2.24) is 0 Å². The topological polar surface area (TPSA) is 83.5 Å². The average molecular weight is 257 g/mol. The minimum atomic E-state index is -1.13. The Kier molecular flexibility index (Phi) is 3.53. The molecule has 0 aliphatic carbocycles. The lowest BCUT2D eigenvalue weighted by Gasteiger charge is -2.13. The van der Waals surface area contributed by atoms with Gasteiger partial charge >= 0.3 is 5.97 Å². The summed E-state index contributed by atoms with van der Waals surface area (Å²) in [5.41, 5.74) is 0.416. The molecule has 0 aliphatic rings. The maximum Gasteiger partial charge on any atom is 0.371 e. The fourth-order valence-electron chi connectivity index (χ4n) is 1.60. The number of nitriles is 1. The Morgan fingerprint density at radius 2 is 2.11 bits per heavy atom. The quantitative estimate of drug-likeness (QED) is 0.910. The van der Waals surface area contributed by atoms with Crippen LogP contribution in [0.2, 0.25) is 0 Å². The van der Waals surface area contributed by atoms with Gasteiger partial charge in [0.15, 0.2) is 6.10 Å². The predicted octanol–water partition coefficient (Wildman–Crippen LogP) is 2.99. The molecule has 5 heteroatoms. The van der Waals surface area contributed by atoms with E-state index < -0.39 is 12.1 Å². The number of carboxylic acids is 1. The number of para-hydroxylation sites is 1. The third kappa shape index (κ3) is 2.75. The first-order valence-corrected chi connectivity index (χ1v) is 5.60. The summed E-state index contributed by atoms with van der Waals surface area (Å²) in [6.45, 7) is 1.72. The highest BCUT2D eigenvalue weighted by Crippen LogP contribution is 2.25. The van der Waals surface area contributed by atoms with Crippen LogP contribution >= 0.6 is 0 Å². The number of nitrogens with zero attached hydrogens (tertiary/aromatic N) is 1. The van der Waals surface area contributed by atoms with E-state index in [2.05, 4.69) is 0 Å². The van der Waals surface area contributed by atoms with Crippen LogP contribution in [0.5, 0.6) is 5.75 Å². The van der Waals surface area contributed by atoms with Crippen molar-refractivity contribution in [2.24, 2.45) is 0 Å².